The van der Waals surface area contributed by atoms with Gasteiger partial charge in [0.2, 0.25) is 0 Å². The van der Waals surface area contributed by atoms with Gasteiger partial charge in [-0.25, -0.2) is 18.4 Å². The van der Waals surface area contributed by atoms with Crippen LogP contribution in [0.1, 0.15) is 5.56 Å². The van der Waals surface area contributed by atoms with Crippen LogP contribution in [0, 0.1) is 11.6 Å². The Bertz CT molecular complexity index is 986. The van der Waals surface area contributed by atoms with E-state index in [1.54, 1.807) is 0 Å². The number of rotatable bonds is 6. The minimum absolute atomic E-state index is 0.162. The van der Waals surface area contributed by atoms with Crippen LogP contribution in [-0.2, 0) is 17.1 Å². The summed E-state index contributed by atoms with van der Waals surface area (Å²) in [6.45, 7) is -0.420. The molecule has 7 nitrogen and oxygen atoms in total. The molecule has 0 spiro atoms. The van der Waals surface area contributed by atoms with Crippen molar-refractivity contribution in [3.05, 3.63) is 66.3 Å². The molecule has 3 aromatic rings. The molecule has 0 saturated heterocycles. The summed E-state index contributed by atoms with van der Waals surface area (Å²) in [7, 11) is -5.13. The predicted octanol–water partition coefficient (Wildman–Crippen LogP) is 2.72. The highest BCUT2D eigenvalue weighted by Crippen LogP contribution is 2.23. The average Bonchev–Trinajstić information content (AvgIpc) is 3.08. The number of halogens is 3. The molecule has 0 aliphatic rings. The van der Waals surface area contributed by atoms with Gasteiger partial charge in [-0.3, -0.25) is 0 Å². The standard InChI is InChI=1S/C15H10F3N3O4S/c16-14-5-10(21-9-19-8-20-21)6-15(17)13(14)7-24-11-1-3-12(4-2-11)25-26(18,22)23/h1-6,8-9H,7H2. The Kier molecular flexibility index (Phi) is 4.80. The SMILES string of the molecule is O=S(=O)(F)Oc1ccc(OCc2c(F)cc(-n3cncn3)cc2F)cc1. The Balaban J connectivity index is 1.72. The first-order valence-corrected chi connectivity index (χ1v) is 8.32. The number of benzene rings is 2. The zero-order valence-corrected chi connectivity index (χ0v) is 13.7. The number of aromatic nitrogens is 3. The first-order chi connectivity index (χ1) is 12.3. The summed E-state index contributed by atoms with van der Waals surface area (Å²) in [6, 6.07) is 6.96. The van der Waals surface area contributed by atoms with Crippen LogP contribution in [0.15, 0.2) is 49.1 Å². The number of nitrogens with zero attached hydrogens (tertiary/aromatic N) is 3. The minimum atomic E-state index is -5.13. The Hall–Kier alpha value is -3.08. The van der Waals surface area contributed by atoms with Crippen LogP contribution < -0.4 is 8.92 Å². The van der Waals surface area contributed by atoms with Crippen molar-refractivity contribution >= 4 is 10.5 Å². The highest BCUT2D eigenvalue weighted by atomic mass is 32.3. The number of ether oxygens (including phenoxy) is 1. The van der Waals surface area contributed by atoms with Crippen molar-refractivity contribution in [2.75, 3.05) is 0 Å². The summed E-state index contributed by atoms with van der Waals surface area (Å²) in [4.78, 5) is 3.70. The van der Waals surface area contributed by atoms with Gasteiger partial charge in [0.15, 0.2) is 0 Å². The molecule has 136 valence electrons. The molecule has 0 aliphatic carbocycles. The molecule has 26 heavy (non-hydrogen) atoms. The molecule has 1 aromatic heterocycles. The van der Waals surface area contributed by atoms with Gasteiger partial charge in [0.05, 0.1) is 11.3 Å². The molecule has 2 aromatic carbocycles. The van der Waals surface area contributed by atoms with Crippen LogP contribution in [0.2, 0.25) is 0 Å². The average molecular weight is 385 g/mol. The van der Waals surface area contributed by atoms with Gasteiger partial charge < -0.3 is 8.92 Å². The van der Waals surface area contributed by atoms with Gasteiger partial charge in [0, 0.05) is 12.1 Å². The van der Waals surface area contributed by atoms with Crippen LogP contribution in [0.25, 0.3) is 5.69 Å². The van der Waals surface area contributed by atoms with Crippen molar-refractivity contribution in [3.63, 3.8) is 0 Å². The fraction of sp³-hybridized carbons (Fsp3) is 0.0667. The van der Waals surface area contributed by atoms with Crippen molar-refractivity contribution in [2.24, 2.45) is 0 Å². The molecule has 0 saturated carbocycles. The van der Waals surface area contributed by atoms with Crippen LogP contribution in [0.5, 0.6) is 11.5 Å². The van der Waals surface area contributed by atoms with Crippen molar-refractivity contribution in [1.29, 1.82) is 0 Å². The van der Waals surface area contributed by atoms with Crippen LogP contribution in [-0.4, -0.2) is 23.2 Å². The second kappa shape index (κ2) is 7.04. The maximum atomic E-state index is 14.1. The van der Waals surface area contributed by atoms with E-state index in [9.17, 15) is 21.1 Å². The Morgan fingerprint density at radius 2 is 1.65 bits per heavy atom. The summed E-state index contributed by atoms with van der Waals surface area (Å²) < 4.78 is 71.9. The smallest absolute Gasteiger partial charge is 0.488 e. The molecule has 0 N–H and O–H groups in total. The summed E-state index contributed by atoms with van der Waals surface area (Å²) in [5.74, 6) is -1.76. The van der Waals surface area contributed by atoms with Gasteiger partial charge in [0.1, 0.15) is 42.4 Å². The second-order valence-corrected chi connectivity index (χ2v) is 5.92. The largest absolute Gasteiger partial charge is 0.489 e. The summed E-state index contributed by atoms with van der Waals surface area (Å²) in [6.07, 6.45) is 2.53. The molecule has 0 amide bonds. The van der Waals surface area contributed by atoms with E-state index >= 15 is 0 Å². The first-order valence-electron chi connectivity index (χ1n) is 7.02. The molecule has 3 rings (SSSR count). The predicted molar refractivity (Wildman–Crippen MR) is 82.7 cm³/mol. The van der Waals surface area contributed by atoms with Gasteiger partial charge >= 0.3 is 10.5 Å². The minimum Gasteiger partial charge on any atom is -0.489 e. The fourth-order valence-corrected chi connectivity index (χ4v) is 2.40. The molecule has 0 atom stereocenters. The van der Waals surface area contributed by atoms with E-state index in [-0.39, 0.29) is 22.7 Å². The lowest BCUT2D eigenvalue weighted by molar-refractivity contribution is 0.292. The Morgan fingerprint density at radius 1 is 1.04 bits per heavy atom. The van der Waals surface area contributed by atoms with Crippen molar-refractivity contribution in [2.45, 2.75) is 6.61 Å². The van der Waals surface area contributed by atoms with Gasteiger partial charge in [-0.15, -0.1) is 0 Å². The molecule has 0 radical (unpaired) electrons. The normalized spacial score (nSPS) is 11.3. The van der Waals surface area contributed by atoms with Gasteiger partial charge in [0.25, 0.3) is 0 Å². The first kappa shape index (κ1) is 17.7. The molecule has 0 aliphatic heterocycles. The number of hydrogen-bond donors (Lipinski definition) is 0. The quantitative estimate of drug-likeness (QED) is 0.607. The Labute approximate surface area is 146 Å². The zero-order chi connectivity index (χ0) is 18.7. The maximum Gasteiger partial charge on any atom is 0.488 e. The van der Waals surface area contributed by atoms with E-state index in [2.05, 4.69) is 14.3 Å². The molecule has 0 fully saturated rings. The third-order valence-corrected chi connectivity index (χ3v) is 3.60. The summed E-state index contributed by atoms with van der Waals surface area (Å²) >= 11 is 0. The van der Waals surface area contributed by atoms with E-state index in [0.717, 1.165) is 24.3 Å². The van der Waals surface area contributed by atoms with E-state index in [0.29, 0.717) is 0 Å². The summed E-state index contributed by atoms with van der Waals surface area (Å²) in [5, 5.41) is 3.79. The second-order valence-electron chi connectivity index (χ2n) is 4.96. The van der Waals surface area contributed by atoms with E-state index < -0.39 is 28.7 Å². The van der Waals surface area contributed by atoms with E-state index in [4.69, 9.17) is 4.74 Å². The molecule has 0 bridgehead atoms. The topological polar surface area (TPSA) is 83.3 Å². The van der Waals surface area contributed by atoms with Gasteiger partial charge in [-0.2, -0.15) is 13.5 Å². The highest BCUT2D eigenvalue weighted by Gasteiger charge is 2.14. The van der Waals surface area contributed by atoms with Crippen molar-refractivity contribution < 1.29 is 30.0 Å². The molecule has 0 unspecified atom stereocenters. The van der Waals surface area contributed by atoms with Crippen molar-refractivity contribution in [1.82, 2.24) is 14.8 Å². The monoisotopic (exact) mass is 385 g/mol. The van der Waals surface area contributed by atoms with Crippen molar-refractivity contribution in [3.8, 4) is 17.2 Å². The summed E-state index contributed by atoms with van der Waals surface area (Å²) in [5.41, 5.74) is -0.143. The van der Waals surface area contributed by atoms with Gasteiger partial charge in [-0.1, -0.05) is 3.89 Å². The zero-order valence-electron chi connectivity index (χ0n) is 12.8. The molecule has 11 heteroatoms. The lowest BCUT2D eigenvalue weighted by Crippen LogP contribution is -2.05. The number of hydrogen-bond acceptors (Lipinski definition) is 6. The van der Waals surface area contributed by atoms with Crippen LogP contribution in [0.3, 0.4) is 0 Å². The van der Waals surface area contributed by atoms with Gasteiger partial charge in [-0.05, 0) is 24.3 Å². The van der Waals surface area contributed by atoms with E-state index in [1.165, 1.54) is 29.5 Å². The van der Waals surface area contributed by atoms with Crippen LogP contribution >= 0.6 is 0 Å². The van der Waals surface area contributed by atoms with Crippen LogP contribution in [0.4, 0.5) is 12.7 Å². The third-order valence-electron chi connectivity index (χ3n) is 3.21. The third kappa shape index (κ3) is 4.30. The Morgan fingerprint density at radius 3 is 2.19 bits per heavy atom. The molecular weight excluding hydrogens is 375 g/mol. The fourth-order valence-electron chi connectivity index (χ4n) is 2.06. The van der Waals surface area contributed by atoms with E-state index in [1.807, 2.05) is 0 Å². The highest BCUT2D eigenvalue weighted by molar-refractivity contribution is 7.81. The lowest BCUT2D eigenvalue weighted by Gasteiger charge is -2.10. The molecular formula is C15H10F3N3O4S. The maximum absolute atomic E-state index is 14.1. The molecule has 1 heterocycles. The lowest BCUT2D eigenvalue weighted by atomic mass is 10.2.